The van der Waals surface area contributed by atoms with Crippen molar-refractivity contribution < 1.29 is 19.7 Å². The topological polar surface area (TPSA) is 70.0 Å². The third kappa shape index (κ3) is 2.12. The fourth-order valence-electron chi connectivity index (χ4n) is 3.44. The van der Waals surface area contributed by atoms with Crippen LogP contribution in [0.15, 0.2) is 18.2 Å². The molecule has 0 spiro atoms. The quantitative estimate of drug-likeness (QED) is 0.860. The second-order valence-electron chi connectivity index (χ2n) is 5.61. The molecule has 2 aliphatic heterocycles. The Balaban J connectivity index is 1.86. The minimum atomic E-state index is -0.305. The second-order valence-corrected chi connectivity index (χ2v) is 5.61. The number of amides is 1. The maximum atomic E-state index is 12.6. The average molecular weight is 277 g/mol. The number of rotatable bonds is 2. The van der Waals surface area contributed by atoms with E-state index in [1.807, 2.05) is 4.90 Å². The van der Waals surface area contributed by atoms with E-state index in [1.165, 1.54) is 13.2 Å². The summed E-state index contributed by atoms with van der Waals surface area (Å²) in [6.45, 7) is 0. The molecule has 1 aromatic carbocycles. The zero-order chi connectivity index (χ0) is 14.3. The van der Waals surface area contributed by atoms with Gasteiger partial charge in [0.2, 0.25) is 0 Å². The van der Waals surface area contributed by atoms with Crippen molar-refractivity contribution >= 4 is 5.91 Å². The van der Waals surface area contributed by atoms with Gasteiger partial charge in [-0.1, -0.05) is 0 Å². The van der Waals surface area contributed by atoms with E-state index in [1.54, 1.807) is 12.1 Å². The molecule has 1 amide bonds. The van der Waals surface area contributed by atoms with Crippen LogP contribution in [0.25, 0.3) is 0 Å². The van der Waals surface area contributed by atoms with E-state index in [0.717, 1.165) is 12.8 Å². The Kier molecular flexibility index (Phi) is 3.30. The molecule has 3 rings (SSSR count). The van der Waals surface area contributed by atoms with Crippen molar-refractivity contribution in [3.8, 4) is 11.5 Å². The molecule has 1 aromatic rings. The number of piperidine rings is 1. The highest BCUT2D eigenvalue weighted by Crippen LogP contribution is 2.38. The molecule has 2 atom stereocenters. The van der Waals surface area contributed by atoms with Gasteiger partial charge in [0.15, 0.2) is 0 Å². The van der Waals surface area contributed by atoms with Crippen molar-refractivity contribution in [1.29, 1.82) is 0 Å². The predicted molar refractivity (Wildman–Crippen MR) is 72.9 cm³/mol. The molecule has 108 valence electrons. The zero-order valence-corrected chi connectivity index (χ0v) is 11.5. The van der Waals surface area contributed by atoms with E-state index >= 15 is 0 Å². The number of aliphatic hydroxyl groups excluding tert-OH is 1. The number of phenols is 1. The van der Waals surface area contributed by atoms with Crippen LogP contribution in [0.2, 0.25) is 0 Å². The molecule has 5 heteroatoms. The summed E-state index contributed by atoms with van der Waals surface area (Å²) in [6, 6.07) is 4.92. The van der Waals surface area contributed by atoms with Gasteiger partial charge in [-0.15, -0.1) is 0 Å². The molecule has 5 nitrogen and oxygen atoms in total. The van der Waals surface area contributed by atoms with Gasteiger partial charge in [-0.2, -0.15) is 0 Å². The molecule has 2 unspecified atom stereocenters. The summed E-state index contributed by atoms with van der Waals surface area (Å²) in [5.41, 5.74) is 0.305. The summed E-state index contributed by atoms with van der Waals surface area (Å²) in [5, 5.41) is 19.8. The van der Waals surface area contributed by atoms with Gasteiger partial charge in [0.1, 0.15) is 11.5 Å². The van der Waals surface area contributed by atoms with Crippen molar-refractivity contribution in [1.82, 2.24) is 4.90 Å². The minimum Gasteiger partial charge on any atom is -0.507 e. The molecule has 2 saturated heterocycles. The van der Waals surface area contributed by atoms with Gasteiger partial charge in [0, 0.05) is 18.2 Å². The minimum absolute atomic E-state index is 0.0557. The van der Waals surface area contributed by atoms with Crippen LogP contribution in [0.5, 0.6) is 11.5 Å². The number of carbonyl (C=O) groups is 1. The molecular formula is C15H19NO4. The first-order valence-corrected chi connectivity index (χ1v) is 6.98. The SMILES string of the molecule is COc1ccc(C(=O)N2C3CCC2CC(O)C3)c(O)c1. The number of carbonyl (C=O) groups excluding carboxylic acids is 1. The van der Waals surface area contributed by atoms with Crippen LogP contribution in [0.3, 0.4) is 0 Å². The Bertz CT molecular complexity index is 517. The first-order valence-electron chi connectivity index (χ1n) is 6.98. The lowest BCUT2D eigenvalue weighted by Gasteiger charge is -2.37. The fourth-order valence-corrected chi connectivity index (χ4v) is 3.44. The number of hydrogen-bond donors (Lipinski definition) is 2. The van der Waals surface area contributed by atoms with Gasteiger partial charge in [0.05, 0.1) is 18.8 Å². The van der Waals surface area contributed by atoms with E-state index in [4.69, 9.17) is 4.74 Å². The molecular weight excluding hydrogens is 258 g/mol. The first kappa shape index (κ1) is 13.2. The van der Waals surface area contributed by atoms with Crippen LogP contribution < -0.4 is 4.74 Å². The summed E-state index contributed by atoms with van der Waals surface area (Å²) < 4.78 is 5.03. The number of methoxy groups -OCH3 is 1. The lowest BCUT2D eigenvalue weighted by atomic mass is 9.98. The Morgan fingerprint density at radius 2 is 1.95 bits per heavy atom. The summed E-state index contributed by atoms with van der Waals surface area (Å²) >= 11 is 0. The van der Waals surface area contributed by atoms with E-state index in [-0.39, 0.29) is 29.8 Å². The fraction of sp³-hybridized carbons (Fsp3) is 0.533. The van der Waals surface area contributed by atoms with Crippen molar-refractivity contribution in [3.63, 3.8) is 0 Å². The van der Waals surface area contributed by atoms with E-state index in [9.17, 15) is 15.0 Å². The maximum Gasteiger partial charge on any atom is 0.258 e. The van der Waals surface area contributed by atoms with Crippen molar-refractivity contribution in [2.24, 2.45) is 0 Å². The zero-order valence-electron chi connectivity index (χ0n) is 11.5. The molecule has 2 aliphatic rings. The Hall–Kier alpha value is -1.75. The standard InChI is InChI=1S/C15H19NO4/c1-20-12-4-5-13(14(18)8-12)15(19)16-9-2-3-10(16)7-11(17)6-9/h4-5,8-11,17-18H,2-3,6-7H2,1H3. The first-order chi connectivity index (χ1) is 9.60. The average Bonchev–Trinajstić information content (AvgIpc) is 2.70. The highest BCUT2D eigenvalue weighted by molar-refractivity contribution is 5.97. The van der Waals surface area contributed by atoms with Crippen molar-refractivity contribution in [2.45, 2.75) is 43.9 Å². The summed E-state index contributed by atoms with van der Waals surface area (Å²) in [7, 11) is 1.52. The van der Waals surface area contributed by atoms with Crippen LogP contribution in [0.4, 0.5) is 0 Å². The number of fused-ring (bicyclic) bond motifs is 2. The van der Waals surface area contributed by atoms with Gasteiger partial charge >= 0.3 is 0 Å². The molecule has 0 aromatic heterocycles. The number of phenolic OH excluding ortho intramolecular Hbond substituents is 1. The van der Waals surface area contributed by atoms with Gasteiger partial charge in [0.25, 0.3) is 5.91 Å². The van der Waals surface area contributed by atoms with Crippen LogP contribution in [0, 0.1) is 0 Å². The summed E-state index contributed by atoms with van der Waals surface area (Å²) in [4.78, 5) is 14.5. The molecule has 2 N–H and O–H groups in total. The highest BCUT2D eigenvalue weighted by Gasteiger charge is 2.43. The maximum absolute atomic E-state index is 12.6. The van der Waals surface area contributed by atoms with Crippen molar-refractivity contribution in [3.05, 3.63) is 23.8 Å². The molecule has 0 aliphatic carbocycles. The van der Waals surface area contributed by atoms with Gasteiger partial charge in [-0.3, -0.25) is 4.79 Å². The summed E-state index contributed by atoms with van der Waals surface area (Å²) in [5.74, 6) is 0.320. The van der Waals surface area contributed by atoms with Crippen LogP contribution in [0.1, 0.15) is 36.0 Å². The van der Waals surface area contributed by atoms with E-state index in [0.29, 0.717) is 24.2 Å². The summed E-state index contributed by atoms with van der Waals surface area (Å²) in [6.07, 6.45) is 2.84. The third-order valence-corrected chi connectivity index (χ3v) is 4.38. The number of nitrogens with zero attached hydrogens (tertiary/aromatic N) is 1. The Labute approximate surface area is 117 Å². The number of hydrogen-bond acceptors (Lipinski definition) is 4. The lowest BCUT2D eigenvalue weighted by molar-refractivity contribution is 0.0285. The molecule has 2 heterocycles. The van der Waals surface area contributed by atoms with Gasteiger partial charge in [-0.05, 0) is 37.8 Å². The van der Waals surface area contributed by atoms with Crippen LogP contribution >= 0.6 is 0 Å². The molecule has 0 radical (unpaired) electrons. The number of aliphatic hydroxyl groups is 1. The number of aromatic hydroxyl groups is 1. The van der Waals surface area contributed by atoms with Crippen LogP contribution in [-0.4, -0.2) is 46.3 Å². The largest absolute Gasteiger partial charge is 0.507 e. The highest BCUT2D eigenvalue weighted by atomic mass is 16.5. The molecule has 2 bridgehead atoms. The van der Waals surface area contributed by atoms with Gasteiger partial charge < -0.3 is 19.8 Å². The van der Waals surface area contributed by atoms with Crippen molar-refractivity contribution in [2.75, 3.05) is 7.11 Å². The lowest BCUT2D eigenvalue weighted by Crippen LogP contribution is -2.48. The smallest absolute Gasteiger partial charge is 0.258 e. The number of benzene rings is 1. The second kappa shape index (κ2) is 4.98. The Morgan fingerprint density at radius 1 is 1.30 bits per heavy atom. The predicted octanol–water partition coefficient (Wildman–Crippen LogP) is 1.53. The van der Waals surface area contributed by atoms with Gasteiger partial charge in [-0.25, -0.2) is 0 Å². The molecule has 2 fully saturated rings. The molecule has 0 saturated carbocycles. The monoisotopic (exact) mass is 277 g/mol. The van der Waals surface area contributed by atoms with E-state index < -0.39 is 0 Å². The van der Waals surface area contributed by atoms with Crippen LogP contribution in [-0.2, 0) is 0 Å². The third-order valence-electron chi connectivity index (χ3n) is 4.38. The molecule has 20 heavy (non-hydrogen) atoms. The number of ether oxygens (including phenoxy) is 1. The van der Waals surface area contributed by atoms with E-state index in [2.05, 4.69) is 0 Å². The normalized spacial score (nSPS) is 28.5. The Morgan fingerprint density at radius 3 is 2.50 bits per heavy atom.